The maximum Gasteiger partial charge on any atom is 0.139 e. The van der Waals surface area contributed by atoms with Gasteiger partial charge in [0.1, 0.15) is 16.2 Å². The first-order chi connectivity index (χ1) is 13.9. The summed E-state index contributed by atoms with van der Waals surface area (Å²) < 4.78 is 0.817. The number of para-hydroxylation sites is 1. The number of nitrogens with zero attached hydrogens (tertiary/aromatic N) is 3. The van der Waals surface area contributed by atoms with Gasteiger partial charge in [0.25, 0.3) is 0 Å². The lowest BCUT2D eigenvalue weighted by Gasteiger charge is -2.44. The van der Waals surface area contributed by atoms with E-state index in [0.29, 0.717) is 23.3 Å². The first kappa shape index (κ1) is 19.4. The number of rotatable bonds is 5. The highest BCUT2D eigenvalue weighted by molar-refractivity contribution is 9.10. The van der Waals surface area contributed by atoms with E-state index in [1.165, 1.54) is 0 Å². The van der Waals surface area contributed by atoms with E-state index in [2.05, 4.69) is 30.7 Å². The molecule has 2 aliphatic rings. The van der Waals surface area contributed by atoms with Crippen molar-refractivity contribution in [1.29, 1.82) is 10.8 Å². The quantitative estimate of drug-likeness (QED) is 0.315. The minimum atomic E-state index is -0.0651. The molecule has 2 aliphatic heterocycles. The predicted octanol–water partition coefficient (Wildman–Crippen LogP) is 3.09. The van der Waals surface area contributed by atoms with E-state index in [-0.39, 0.29) is 17.3 Å². The predicted molar refractivity (Wildman–Crippen MR) is 118 cm³/mol. The molecule has 5 N–H and O–H groups in total. The molecule has 3 heterocycles. The van der Waals surface area contributed by atoms with Crippen molar-refractivity contribution in [1.82, 2.24) is 9.88 Å². The Morgan fingerprint density at radius 1 is 1.17 bits per heavy atom. The number of benzene rings is 1. The first-order valence-corrected chi connectivity index (χ1v) is 10.3. The largest absolute Gasteiger partial charge is 0.507 e. The van der Waals surface area contributed by atoms with Crippen LogP contribution in [0.5, 0.6) is 5.75 Å². The molecule has 0 aliphatic carbocycles. The van der Waals surface area contributed by atoms with Crippen LogP contribution in [-0.2, 0) is 0 Å². The number of allylic oxidation sites excluding steroid dienone is 1. The van der Waals surface area contributed by atoms with Crippen molar-refractivity contribution in [2.75, 3.05) is 18.0 Å². The zero-order valence-corrected chi connectivity index (χ0v) is 17.4. The third-order valence-electron chi connectivity index (χ3n) is 5.58. The van der Waals surface area contributed by atoms with Crippen LogP contribution in [0.3, 0.4) is 0 Å². The molecule has 150 valence electrons. The van der Waals surface area contributed by atoms with Crippen LogP contribution in [0.4, 0.5) is 5.69 Å². The minimum absolute atomic E-state index is 0.0461. The fourth-order valence-corrected chi connectivity index (χ4v) is 4.68. The molecule has 1 aromatic carbocycles. The first-order valence-electron chi connectivity index (χ1n) is 9.52. The lowest BCUT2D eigenvalue weighted by Crippen LogP contribution is -2.54. The van der Waals surface area contributed by atoms with E-state index in [4.69, 9.17) is 16.6 Å². The molecule has 0 saturated carbocycles. The molecular weight excluding hydrogens is 432 g/mol. The Kier molecular flexibility index (Phi) is 5.27. The molecule has 1 aromatic heterocycles. The summed E-state index contributed by atoms with van der Waals surface area (Å²) >= 11 is 3.45. The van der Waals surface area contributed by atoms with E-state index >= 15 is 0 Å². The van der Waals surface area contributed by atoms with Gasteiger partial charge in [0.15, 0.2) is 0 Å². The average Bonchev–Trinajstić information content (AvgIpc) is 2.96. The van der Waals surface area contributed by atoms with E-state index < -0.39 is 0 Å². The monoisotopic (exact) mass is 454 g/mol. The lowest BCUT2D eigenvalue weighted by atomic mass is 10.1. The zero-order valence-electron chi connectivity index (χ0n) is 15.8. The van der Waals surface area contributed by atoms with Gasteiger partial charge in [-0.3, -0.25) is 5.41 Å². The van der Waals surface area contributed by atoms with E-state index in [1.807, 2.05) is 12.1 Å². The Balaban J connectivity index is 1.59. The highest BCUT2D eigenvalue weighted by Gasteiger charge is 2.41. The van der Waals surface area contributed by atoms with Crippen molar-refractivity contribution in [2.45, 2.75) is 24.9 Å². The summed E-state index contributed by atoms with van der Waals surface area (Å²) in [5, 5.41) is 26.5. The van der Waals surface area contributed by atoms with E-state index in [0.717, 1.165) is 36.2 Å². The molecule has 0 amide bonds. The van der Waals surface area contributed by atoms with Gasteiger partial charge in [-0.25, -0.2) is 4.98 Å². The van der Waals surface area contributed by atoms with Crippen molar-refractivity contribution in [3.05, 3.63) is 64.5 Å². The van der Waals surface area contributed by atoms with Crippen LogP contribution in [0.1, 0.15) is 18.4 Å². The van der Waals surface area contributed by atoms with Gasteiger partial charge in [-0.15, -0.1) is 0 Å². The third kappa shape index (κ3) is 3.85. The van der Waals surface area contributed by atoms with Gasteiger partial charge in [-0.05, 0) is 59.1 Å². The normalized spacial score (nSPS) is 21.3. The van der Waals surface area contributed by atoms with Crippen LogP contribution in [0.2, 0.25) is 0 Å². The number of hydrogen-bond donors (Lipinski definition) is 4. The number of piperazine rings is 1. The van der Waals surface area contributed by atoms with Gasteiger partial charge >= 0.3 is 0 Å². The van der Waals surface area contributed by atoms with Crippen LogP contribution in [0.15, 0.2) is 59.0 Å². The zero-order chi connectivity index (χ0) is 20.5. The third-order valence-corrected chi connectivity index (χ3v) is 6.02. The fourth-order valence-electron chi connectivity index (χ4n) is 4.33. The summed E-state index contributed by atoms with van der Waals surface area (Å²) in [6.07, 6.45) is 5.54. The molecular formula is C21H23BrN6O. The number of halogens is 1. The van der Waals surface area contributed by atoms with Gasteiger partial charge in [-0.1, -0.05) is 12.1 Å². The summed E-state index contributed by atoms with van der Waals surface area (Å²) in [6, 6.07) is 11.4. The molecule has 2 aromatic rings. The second-order valence-electron chi connectivity index (χ2n) is 7.41. The van der Waals surface area contributed by atoms with Crippen LogP contribution < -0.4 is 10.6 Å². The Morgan fingerprint density at radius 3 is 2.48 bits per heavy atom. The summed E-state index contributed by atoms with van der Waals surface area (Å²) in [6.45, 7) is 1.46. The van der Waals surface area contributed by atoms with Crippen LogP contribution in [0.25, 0.3) is 0 Å². The van der Waals surface area contributed by atoms with Crippen molar-refractivity contribution >= 4 is 33.2 Å². The maximum absolute atomic E-state index is 10.0. The molecule has 2 fully saturated rings. The van der Waals surface area contributed by atoms with Gasteiger partial charge in [0.2, 0.25) is 0 Å². The molecule has 7 nitrogen and oxygen atoms in total. The molecule has 2 saturated heterocycles. The number of likely N-dealkylation sites (tertiary alicyclic amines) is 1. The number of fused-ring (bicyclic) bond motifs is 2. The number of hydrogen-bond acceptors (Lipinski definition) is 6. The maximum atomic E-state index is 10.0. The van der Waals surface area contributed by atoms with Gasteiger partial charge < -0.3 is 26.0 Å². The molecule has 4 rings (SSSR count). The number of nitrogens with one attached hydrogen (secondary N) is 2. The van der Waals surface area contributed by atoms with Crippen LogP contribution in [0, 0.1) is 10.8 Å². The number of nitrogens with two attached hydrogens (primary N) is 1. The number of aromatic nitrogens is 1. The minimum Gasteiger partial charge on any atom is -0.507 e. The Hall–Kier alpha value is -2.87. The summed E-state index contributed by atoms with van der Waals surface area (Å²) in [5.41, 5.74) is 8.14. The second kappa shape index (κ2) is 7.87. The highest BCUT2D eigenvalue weighted by Crippen LogP contribution is 2.36. The Morgan fingerprint density at radius 2 is 1.86 bits per heavy atom. The standard InChI is InChI=1S/C21H23BrN6O/c22-20-9-13(7-8-26-20)28-14-5-6-15(28)12-27(11-14)18(21(24)25)10-17(23)16-3-1-2-4-19(16)29/h1-4,7-10,14-15,23,29H,5-6,11-12H2,(H3,24,25)/b18-10+,23-17?. The SMILES string of the molecule is N=C(N)/C(=C\C(=N)c1ccccc1O)N1CC2CCC(C1)N2c1ccnc(Br)c1. The average molecular weight is 455 g/mol. The fraction of sp³-hybridized carbons (Fsp3) is 0.286. The summed E-state index contributed by atoms with van der Waals surface area (Å²) in [7, 11) is 0. The number of phenolic OH excluding ortho intramolecular Hbond substituents is 1. The molecule has 8 heteroatoms. The number of pyridine rings is 1. The molecule has 29 heavy (non-hydrogen) atoms. The highest BCUT2D eigenvalue weighted by atomic mass is 79.9. The molecule has 0 spiro atoms. The van der Waals surface area contributed by atoms with Crippen molar-refractivity contribution in [3.63, 3.8) is 0 Å². The molecule has 2 atom stereocenters. The summed E-state index contributed by atoms with van der Waals surface area (Å²) in [5.74, 6) is -0.0190. The van der Waals surface area contributed by atoms with Crippen molar-refractivity contribution in [3.8, 4) is 5.75 Å². The molecule has 2 unspecified atom stereocenters. The van der Waals surface area contributed by atoms with Gasteiger partial charge in [-0.2, -0.15) is 0 Å². The smallest absolute Gasteiger partial charge is 0.139 e. The van der Waals surface area contributed by atoms with Crippen LogP contribution in [-0.4, -0.2) is 51.7 Å². The van der Waals surface area contributed by atoms with Crippen molar-refractivity contribution < 1.29 is 5.11 Å². The molecule has 2 bridgehead atoms. The topological polar surface area (TPSA) is 113 Å². The molecule has 0 radical (unpaired) electrons. The van der Waals surface area contributed by atoms with Crippen molar-refractivity contribution in [2.24, 2.45) is 5.73 Å². The number of aromatic hydroxyl groups is 1. The summed E-state index contributed by atoms with van der Waals surface area (Å²) in [4.78, 5) is 8.76. The van der Waals surface area contributed by atoms with Crippen LogP contribution >= 0.6 is 15.9 Å². The van der Waals surface area contributed by atoms with Gasteiger partial charge in [0.05, 0.1) is 11.4 Å². The van der Waals surface area contributed by atoms with E-state index in [9.17, 15) is 5.11 Å². The number of anilines is 1. The number of amidine groups is 1. The second-order valence-corrected chi connectivity index (χ2v) is 8.22. The number of phenols is 1. The Labute approximate surface area is 178 Å². The van der Waals surface area contributed by atoms with E-state index in [1.54, 1.807) is 36.5 Å². The van der Waals surface area contributed by atoms with Gasteiger partial charge in [0, 0.05) is 42.6 Å². The lowest BCUT2D eigenvalue weighted by molar-refractivity contribution is 0.283. The Bertz CT molecular complexity index is 977.